The summed E-state index contributed by atoms with van der Waals surface area (Å²) in [5.74, 6) is -0.364. The molecule has 2 saturated heterocycles. The lowest BCUT2D eigenvalue weighted by Gasteiger charge is -2.33. The minimum atomic E-state index is -4.55. The van der Waals surface area contributed by atoms with E-state index in [1.165, 1.54) is 21.7 Å². The van der Waals surface area contributed by atoms with E-state index in [2.05, 4.69) is 10.4 Å². The Morgan fingerprint density at radius 3 is 2.78 bits per heavy atom. The van der Waals surface area contributed by atoms with Crippen LogP contribution in [0.25, 0.3) is 17.0 Å². The maximum Gasteiger partial charge on any atom is 0.416 e. The molecule has 0 radical (unpaired) electrons. The van der Waals surface area contributed by atoms with Gasteiger partial charge in [-0.15, -0.1) is 0 Å². The van der Waals surface area contributed by atoms with Gasteiger partial charge in [-0.3, -0.25) is 19.2 Å². The van der Waals surface area contributed by atoms with Gasteiger partial charge < -0.3 is 10.4 Å². The van der Waals surface area contributed by atoms with Gasteiger partial charge in [0.1, 0.15) is 0 Å². The summed E-state index contributed by atoms with van der Waals surface area (Å²) in [5, 5.41) is 17.2. The van der Waals surface area contributed by atoms with Crippen molar-refractivity contribution in [2.45, 2.75) is 37.6 Å². The number of piperidine rings is 1. The van der Waals surface area contributed by atoms with Crippen molar-refractivity contribution in [3.63, 3.8) is 0 Å². The Labute approximate surface area is 219 Å². The molecule has 2 amide bonds. The second-order valence-electron chi connectivity index (χ2n) is 8.98. The Bertz CT molecular complexity index is 1410. The summed E-state index contributed by atoms with van der Waals surface area (Å²) in [5.41, 5.74) is 0.521. The van der Waals surface area contributed by atoms with Crippen molar-refractivity contribution in [2.75, 3.05) is 13.2 Å². The molecule has 0 spiro atoms. The maximum atomic E-state index is 13.5. The number of amides is 2. The quantitative estimate of drug-likeness (QED) is 0.439. The van der Waals surface area contributed by atoms with Crippen molar-refractivity contribution < 1.29 is 27.9 Å². The average molecular weight is 551 g/mol. The number of carbonyl (C=O) groups excluding carboxylic acids is 2. The molecule has 12 heteroatoms. The van der Waals surface area contributed by atoms with Crippen LogP contribution < -0.4 is 5.32 Å². The van der Waals surface area contributed by atoms with E-state index in [4.69, 9.17) is 11.6 Å². The highest BCUT2D eigenvalue weighted by Crippen LogP contribution is 2.37. The van der Waals surface area contributed by atoms with Crippen LogP contribution in [0.4, 0.5) is 18.0 Å². The van der Waals surface area contributed by atoms with E-state index in [0.717, 1.165) is 17.8 Å². The Balaban J connectivity index is 1.38. The minimum Gasteiger partial charge on any atom is -0.395 e. The lowest BCUT2D eigenvalue weighted by molar-refractivity contribution is -0.138. The van der Waals surface area contributed by atoms with E-state index in [1.54, 1.807) is 30.5 Å². The number of halogens is 4. The molecule has 2 fully saturated rings. The molecule has 1 aromatic heterocycles. The van der Waals surface area contributed by atoms with E-state index in [1.807, 2.05) is 0 Å². The number of alkyl halides is 3. The number of aliphatic hydroxyl groups excluding tert-OH is 1. The van der Waals surface area contributed by atoms with Gasteiger partial charge in [-0.1, -0.05) is 23.7 Å². The molecule has 3 aromatic rings. The van der Waals surface area contributed by atoms with Crippen molar-refractivity contribution in [1.82, 2.24) is 20.0 Å². The monoisotopic (exact) mass is 550 g/mol. The highest BCUT2D eigenvalue weighted by Gasteiger charge is 2.41. The van der Waals surface area contributed by atoms with Crippen LogP contribution in [0, 0.1) is 0 Å². The first kappa shape index (κ1) is 25.8. The van der Waals surface area contributed by atoms with Crippen LogP contribution in [0.15, 0.2) is 47.5 Å². The summed E-state index contributed by atoms with van der Waals surface area (Å²) in [6, 6.07) is 8.45. The number of imide groups is 1. The van der Waals surface area contributed by atoms with Gasteiger partial charge in [0.05, 0.1) is 35.3 Å². The number of nitrogens with zero attached hydrogens (tertiary/aromatic N) is 3. The third kappa shape index (κ3) is 5.26. The van der Waals surface area contributed by atoms with E-state index >= 15 is 0 Å². The van der Waals surface area contributed by atoms with Crippen LogP contribution in [0.2, 0.25) is 5.02 Å². The number of benzene rings is 2. The Morgan fingerprint density at radius 2 is 2.03 bits per heavy atom. The molecular weight excluding hydrogens is 529 g/mol. The van der Waals surface area contributed by atoms with Gasteiger partial charge in [0.2, 0.25) is 0 Å². The number of thioether (sulfide) groups is 1. The molecule has 0 unspecified atom stereocenters. The molecular formula is C25H22ClF3N4O3S. The fourth-order valence-electron chi connectivity index (χ4n) is 4.74. The van der Waals surface area contributed by atoms with Gasteiger partial charge >= 0.3 is 6.18 Å². The number of rotatable bonds is 5. The van der Waals surface area contributed by atoms with Gasteiger partial charge in [-0.2, -0.15) is 18.3 Å². The second kappa shape index (κ2) is 10.1. The lowest BCUT2D eigenvalue weighted by Crippen LogP contribution is -2.50. The van der Waals surface area contributed by atoms with Gasteiger partial charge in [0.25, 0.3) is 11.1 Å². The maximum absolute atomic E-state index is 13.5. The van der Waals surface area contributed by atoms with Gasteiger partial charge in [0, 0.05) is 22.5 Å². The first-order valence-corrected chi connectivity index (χ1v) is 12.8. The average Bonchev–Trinajstić information content (AvgIpc) is 3.38. The highest BCUT2D eigenvalue weighted by atomic mass is 35.5. The highest BCUT2D eigenvalue weighted by molar-refractivity contribution is 8.18. The minimum absolute atomic E-state index is 0.00354. The number of carbonyl (C=O) groups is 2. The molecule has 2 aliphatic rings. The summed E-state index contributed by atoms with van der Waals surface area (Å²) in [7, 11) is 0. The van der Waals surface area contributed by atoms with E-state index in [0.29, 0.717) is 40.8 Å². The van der Waals surface area contributed by atoms with Crippen LogP contribution in [0.3, 0.4) is 0 Å². The van der Waals surface area contributed by atoms with Crippen LogP contribution in [-0.2, 0) is 17.5 Å². The zero-order valence-corrected chi connectivity index (χ0v) is 20.9. The van der Waals surface area contributed by atoms with Crippen molar-refractivity contribution in [1.29, 1.82) is 0 Å². The number of hydrogen-bond acceptors (Lipinski definition) is 6. The molecule has 0 aliphatic carbocycles. The smallest absolute Gasteiger partial charge is 0.395 e. The predicted octanol–water partition coefficient (Wildman–Crippen LogP) is 4.91. The lowest BCUT2D eigenvalue weighted by atomic mass is 9.98. The van der Waals surface area contributed by atoms with Crippen molar-refractivity contribution in [3.8, 4) is 0 Å². The first-order chi connectivity index (χ1) is 17.6. The summed E-state index contributed by atoms with van der Waals surface area (Å²) in [6.45, 7) is 0.447. The Hall–Kier alpha value is -2.86. The summed E-state index contributed by atoms with van der Waals surface area (Å²) in [4.78, 5) is 27.2. The molecule has 0 saturated carbocycles. The summed E-state index contributed by atoms with van der Waals surface area (Å²) >= 11 is 6.66. The van der Waals surface area contributed by atoms with Crippen LogP contribution in [0.1, 0.15) is 29.5 Å². The van der Waals surface area contributed by atoms with Gasteiger partial charge in [-0.25, -0.2) is 0 Å². The van der Waals surface area contributed by atoms with Crippen molar-refractivity contribution in [2.24, 2.45) is 0 Å². The Morgan fingerprint density at radius 1 is 1.22 bits per heavy atom. The molecule has 5 rings (SSSR count). The molecule has 2 atom stereocenters. The topological polar surface area (TPSA) is 87.5 Å². The molecule has 194 valence electrons. The predicted molar refractivity (Wildman–Crippen MR) is 135 cm³/mol. The number of aliphatic hydroxyl groups is 1. The number of fused-ring (bicyclic) bond motifs is 1. The van der Waals surface area contributed by atoms with Crippen LogP contribution in [0.5, 0.6) is 0 Å². The molecule has 37 heavy (non-hydrogen) atoms. The fourth-order valence-corrected chi connectivity index (χ4v) is 5.81. The van der Waals surface area contributed by atoms with Crippen molar-refractivity contribution in [3.05, 3.63) is 69.2 Å². The van der Waals surface area contributed by atoms with E-state index in [-0.39, 0.29) is 47.0 Å². The standard InChI is InChI=1S/C25H22ClF3N4O3S/c26-17-3-2-15(20(9-17)25(27,28)29)12-32-21-4-1-14(7-16(21)11-31-32)8-22-23(35)33(24(36)37-22)19-5-6-30-18(10-19)13-34/h1-4,7-9,11,18-19,30,34H,5-6,10,12-13H2/t18-,19-/m1/s1. The third-order valence-electron chi connectivity index (χ3n) is 6.54. The molecule has 2 aromatic carbocycles. The molecule has 2 aliphatic heterocycles. The van der Waals surface area contributed by atoms with Crippen LogP contribution in [-0.4, -0.2) is 56.2 Å². The zero-order valence-electron chi connectivity index (χ0n) is 19.3. The second-order valence-corrected chi connectivity index (χ2v) is 10.4. The Kier molecular flexibility index (Phi) is 7.06. The number of aromatic nitrogens is 2. The molecule has 2 N–H and O–H groups in total. The fraction of sp³-hybridized carbons (Fsp3) is 0.320. The molecule has 3 heterocycles. The SMILES string of the molecule is O=C1SC(=Cc2ccc3c(cnn3Cc3ccc(Cl)cc3C(F)(F)F)c2)C(=O)N1[C@@H]1CCN[C@@H](CO)C1. The summed E-state index contributed by atoms with van der Waals surface area (Å²) < 4.78 is 42.0. The first-order valence-electron chi connectivity index (χ1n) is 11.6. The number of nitrogens with one attached hydrogen (secondary N) is 1. The van der Waals surface area contributed by atoms with Crippen LogP contribution >= 0.6 is 23.4 Å². The van der Waals surface area contributed by atoms with E-state index in [9.17, 15) is 27.9 Å². The van der Waals surface area contributed by atoms with E-state index < -0.39 is 11.7 Å². The normalized spacial score (nSPS) is 22.0. The molecule has 7 nitrogen and oxygen atoms in total. The number of hydrogen-bond donors (Lipinski definition) is 2. The van der Waals surface area contributed by atoms with Gasteiger partial charge in [0.15, 0.2) is 0 Å². The van der Waals surface area contributed by atoms with Crippen molar-refractivity contribution >= 4 is 51.5 Å². The molecule has 0 bridgehead atoms. The largest absolute Gasteiger partial charge is 0.416 e. The summed E-state index contributed by atoms with van der Waals surface area (Å²) in [6.07, 6.45) is -0.251. The zero-order chi connectivity index (χ0) is 26.3. The van der Waals surface area contributed by atoms with Gasteiger partial charge in [-0.05, 0) is 72.6 Å². The third-order valence-corrected chi connectivity index (χ3v) is 7.66.